The first-order chi connectivity index (χ1) is 15.1. The van der Waals surface area contributed by atoms with Gasteiger partial charge in [0, 0.05) is 25.0 Å². The molecule has 1 saturated heterocycles. The molecule has 0 spiro atoms. The predicted octanol–water partition coefficient (Wildman–Crippen LogP) is 2.66. The number of rotatable bonds is 7. The SMILES string of the molecule is CC(C(=O)NC(C)(C)C)N(Cc1ccccc1)C(=O)CCN1C(=O)[C@H]2CC=CC[C@H]2C1=O. The molecule has 1 aromatic rings. The van der Waals surface area contributed by atoms with E-state index in [2.05, 4.69) is 5.32 Å². The molecular formula is C25H33N3O4. The van der Waals surface area contributed by atoms with Crippen molar-refractivity contribution in [3.63, 3.8) is 0 Å². The van der Waals surface area contributed by atoms with Crippen molar-refractivity contribution in [3.05, 3.63) is 48.0 Å². The molecule has 1 unspecified atom stereocenters. The summed E-state index contributed by atoms with van der Waals surface area (Å²) in [5.41, 5.74) is 0.479. The Morgan fingerprint density at radius 3 is 2.16 bits per heavy atom. The minimum Gasteiger partial charge on any atom is -0.350 e. The van der Waals surface area contributed by atoms with E-state index in [-0.39, 0.29) is 55.0 Å². The second-order valence-corrected chi connectivity index (χ2v) is 9.66. The van der Waals surface area contributed by atoms with E-state index < -0.39 is 11.6 Å². The molecular weight excluding hydrogens is 406 g/mol. The lowest BCUT2D eigenvalue weighted by Gasteiger charge is -2.32. The van der Waals surface area contributed by atoms with Crippen molar-refractivity contribution in [2.24, 2.45) is 11.8 Å². The number of fused-ring (bicyclic) bond motifs is 1. The third-order valence-electron chi connectivity index (χ3n) is 6.01. The second kappa shape index (κ2) is 9.67. The lowest BCUT2D eigenvalue weighted by Crippen LogP contribution is -2.52. The van der Waals surface area contributed by atoms with E-state index in [1.165, 1.54) is 9.80 Å². The first kappa shape index (κ1) is 23.7. The van der Waals surface area contributed by atoms with E-state index in [9.17, 15) is 19.2 Å². The molecule has 7 heteroatoms. The first-order valence-electron chi connectivity index (χ1n) is 11.2. The number of benzene rings is 1. The van der Waals surface area contributed by atoms with Crippen LogP contribution in [-0.4, -0.2) is 51.6 Å². The van der Waals surface area contributed by atoms with Crippen molar-refractivity contribution in [1.82, 2.24) is 15.1 Å². The van der Waals surface area contributed by atoms with E-state index in [1.54, 1.807) is 6.92 Å². The Morgan fingerprint density at radius 2 is 1.62 bits per heavy atom. The monoisotopic (exact) mass is 439 g/mol. The van der Waals surface area contributed by atoms with E-state index in [4.69, 9.17) is 0 Å². The Labute approximate surface area is 189 Å². The van der Waals surface area contributed by atoms with Gasteiger partial charge in [0.2, 0.25) is 23.6 Å². The molecule has 7 nitrogen and oxygen atoms in total. The number of carbonyl (C=O) groups is 4. The van der Waals surface area contributed by atoms with Crippen molar-refractivity contribution in [3.8, 4) is 0 Å². The van der Waals surface area contributed by atoms with Gasteiger partial charge in [0.05, 0.1) is 11.8 Å². The third-order valence-corrected chi connectivity index (χ3v) is 6.01. The van der Waals surface area contributed by atoms with Crippen molar-refractivity contribution in [1.29, 1.82) is 0 Å². The Kier molecular flexibility index (Phi) is 7.16. The molecule has 4 amide bonds. The summed E-state index contributed by atoms with van der Waals surface area (Å²) in [5, 5.41) is 2.93. The van der Waals surface area contributed by atoms with Crippen molar-refractivity contribution >= 4 is 23.6 Å². The molecule has 0 saturated carbocycles. The summed E-state index contributed by atoms with van der Waals surface area (Å²) in [4.78, 5) is 54.2. The largest absolute Gasteiger partial charge is 0.350 e. The van der Waals surface area contributed by atoms with Gasteiger partial charge in [-0.15, -0.1) is 0 Å². The average molecular weight is 440 g/mol. The van der Waals surface area contributed by atoms with Crippen LogP contribution in [0.2, 0.25) is 0 Å². The molecule has 0 bridgehead atoms. The summed E-state index contributed by atoms with van der Waals surface area (Å²) < 4.78 is 0. The van der Waals surface area contributed by atoms with Crippen LogP contribution in [0.15, 0.2) is 42.5 Å². The van der Waals surface area contributed by atoms with Gasteiger partial charge in [-0.05, 0) is 46.1 Å². The van der Waals surface area contributed by atoms with Crippen LogP contribution in [0.5, 0.6) is 0 Å². The summed E-state index contributed by atoms with van der Waals surface area (Å²) in [6.07, 6.45) is 5.02. The van der Waals surface area contributed by atoms with Crippen LogP contribution in [0.3, 0.4) is 0 Å². The zero-order valence-corrected chi connectivity index (χ0v) is 19.3. The number of hydrogen-bond donors (Lipinski definition) is 1. The highest BCUT2D eigenvalue weighted by molar-refractivity contribution is 6.05. The van der Waals surface area contributed by atoms with Crippen LogP contribution < -0.4 is 5.32 Å². The van der Waals surface area contributed by atoms with Crippen LogP contribution in [0.1, 0.15) is 52.5 Å². The molecule has 1 N–H and O–H groups in total. The van der Waals surface area contributed by atoms with Crippen molar-refractivity contribution < 1.29 is 19.2 Å². The Morgan fingerprint density at radius 1 is 1.06 bits per heavy atom. The van der Waals surface area contributed by atoms with Gasteiger partial charge in [-0.1, -0.05) is 42.5 Å². The highest BCUT2D eigenvalue weighted by atomic mass is 16.2. The summed E-state index contributed by atoms with van der Waals surface area (Å²) in [7, 11) is 0. The maximum absolute atomic E-state index is 13.2. The van der Waals surface area contributed by atoms with Crippen LogP contribution in [-0.2, 0) is 25.7 Å². The minimum atomic E-state index is -0.696. The molecule has 172 valence electrons. The maximum atomic E-state index is 13.2. The molecule has 2 aliphatic rings. The molecule has 0 aromatic heterocycles. The average Bonchev–Trinajstić information content (AvgIpc) is 2.99. The molecule has 1 heterocycles. The van der Waals surface area contributed by atoms with Gasteiger partial charge in [0.15, 0.2) is 0 Å². The quantitative estimate of drug-likeness (QED) is 0.523. The molecule has 3 rings (SSSR count). The van der Waals surface area contributed by atoms with E-state index in [0.717, 1.165) is 5.56 Å². The first-order valence-corrected chi connectivity index (χ1v) is 11.2. The molecule has 1 aromatic carbocycles. The van der Waals surface area contributed by atoms with Gasteiger partial charge in [0.25, 0.3) is 0 Å². The van der Waals surface area contributed by atoms with Crippen LogP contribution in [0.4, 0.5) is 0 Å². The highest BCUT2D eigenvalue weighted by Crippen LogP contribution is 2.35. The molecule has 0 radical (unpaired) electrons. The summed E-state index contributed by atoms with van der Waals surface area (Å²) in [5.74, 6) is -1.50. The lowest BCUT2D eigenvalue weighted by molar-refractivity contribution is -0.144. The highest BCUT2D eigenvalue weighted by Gasteiger charge is 2.47. The zero-order valence-electron chi connectivity index (χ0n) is 19.3. The summed E-state index contributed by atoms with van der Waals surface area (Å²) >= 11 is 0. The smallest absolute Gasteiger partial charge is 0.242 e. The lowest BCUT2D eigenvalue weighted by atomic mass is 9.85. The predicted molar refractivity (Wildman–Crippen MR) is 121 cm³/mol. The number of likely N-dealkylation sites (tertiary alicyclic amines) is 1. The number of imide groups is 1. The topological polar surface area (TPSA) is 86.8 Å². The van der Waals surface area contributed by atoms with Crippen LogP contribution in [0.25, 0.3) is 0 Å². The fourth-order valence-electron chi connectivity index (χ4n) is 4.28. The third kappa shape index (κ3) is 5.44. The number of nitrogens with one attached hydrogen (secondary N) is 1. The maximum Gasteiger partial charge on any atom is 0.242 e. The second-order valence-electron chi connectivity index (χ2n) is 9.66. The zero-order chi connectivity index (χ0) is 23.5. The molecule has 1 fully saturated rings. The fraction of sp³-hybridized carbons (Fsp3) is 0.520. The number of allylic oxidation sites excluding steroid dienone is 2. The minimum absolute atomic E-state index is 0.00960. The summed E-state index contributed by atoms with van der Waals surface area (Å²) in [6.45, 7) is 7.69. The van der Waals surface area contributed by atoms with E-state index in [1.807, 2.05) is 63.3 Å². The van der Waals surface area contributed by atoms with Gasteiger partial charge in [-0.25, -0.2) is 0 Å². The van der Waals surface area contributed by atoms with Gasteiger partial charge in [-0.2, -0.15) is 0 Å². The molecule has 1 aliphatic carbocycles. The normalized spacial score (nSPS) is 21.3. The number of amides is 4. The molecule has 32 heavy (non-hydrogen) atoms. The van der Waals surface area contributed by atoms with Crippen molar-refractivity contribution in [2.75, 3.05) is 6.54 Å². The van der Waals surface area contributed by atoms with Gasteiger partial charge < -0.3 is 10.2 Å². The van der Waals surface area contributed by atoms with Gasteiger partial charge in [0.1, 0.15) is 6.04 Å². The Bertz CT molecular complexity index is 878. The van der Waals surface area contributed by atoms with Gasteiger partial charge >= 0.3 is 0 Å². The summed E-state index contributed by atoms with van der Waals surface area (Å²) in [6, 6.07) is 8.77. The standard InChI is InChI=1S/C25H33N3O4/c1-17(22(30)26-25(2,3)4)28(16-18-10-6-5-7-11-18)21(29)14-15-27-23(31)19-12-8-9-13-20(19)24(27)32/h5-11,17,19-20H,12-16H2,1-4H3,(H,26,30)/t17?,19-,20+. The molecule has 3 atom stereocenters. The van der Waals surface area contributed by atoms with Crippen LogP contribution in [0, 0.1) is 11.8 Å². The Hall–Kier alpha value is -2.96. The van der Waals surface area contributed by atoms with Crippen molar-refractivity contribution in [2.45, 2.75) is 65.1 Å². The van der Waals surface area contributed by atoms with Gasteiger partial charge in [-0.3, -0.25) is 24.1 Å². The number of nitrogens with zero attached hydrogens (tertiary/aromatic N) is 2. The Balaban J connectivity index is 1.71. The number of carbonyl (C=O) groups excluding carboxylic acids is 4. The number of hydrogen-bond acceptors (Lipinski definition) is 4. The fourth-order valence-corrected chi connectivity index (χ4v) is 4.28. The molecule has 1 aliphatic heterocycles. The van der Waals surface area contributed by atoms with E-state index >= 15 is 0 Å². The van der Waals surface area contributed by atoms with Crippen LogP contribution >= 0.6 is 0 Å². The van der Waals surface area contributed by atoms with E-state index in [0.29, 0.717) is 12.8 Å².